The first-order valence-corrected chi connectivity index (χ1v) is 6.64. The lowest BCUT2D eigenvalue weighted by atomic mass is 10.2. The summed E-state index contributed by atoms with van der Waals surface area (Å²) in [5.74, 6) is 0.856. The molecule has 2 rings (SSSR count). The molecule has 5 heteroatoms. The van der Waals surface area contributed by atoms with Gasteiger partial charge in [0.05, 0.1) is 0 Å². The van der Waals surface area contributed by atoms with E-state index in [1.165, 1.54) is 0 Å². The number of pyridine rings is 1. The molecule has 102 valence electrons. The summed E-state index contributed by atoms with van der Waals surface area (Å²) in [5.41, 5.74) is 0.634. The van der Waals surface area contributed by atoms with Crippen molar-refractivity contribution in [1.82, 2.24) is 19.9 Å². The fraction of sp³-hybridized carbons (Fsp3) is 0.429. The Balaban J connectivity index is 2.29. The molecule has 1 N–H and O–H groups in total. The van der Waals surface area contributed by atoms with E-state index in [1.807, 2.05) is 6.92 Å². The fourth-order valence-corrected chi connectivity index (χ4v) is 1.96. The Morgan fingerprint density at radius 1 is 1.26 bits per heavy atom. The molecule has 2 aromatic heterocycles. The summed E-state index contributed by atoms with van der Waals surface area (Å²) >= 11 is 0. The maximum absolute atomic E-state index is 14.4. The molecule has 0 atom stereocenters. The molecular weight excluding hydrogens is 243 g/mol. The maximum Gasteiger partial charge on any atom is 0.174 e. The van der Waals surface area contributed by atoms with Crippen molar-refractivity contribution in [2.75, 3.05) is 6.54 Å². The van der Waals surface area contributed by atoms with Crippen LogP contribution >= 0.6 is 0 Å². The van der Waals surface area contributed by atoms with Crippen molar-refractivity contribution in [2.24, 2.45) is 0 Å². The Kier molecular flexibility index (Phi) is 4.63. The van der Waals surface area contributed by atoms with Crippen LogP contribution in [0.4, 0.5) is 4.39 Å². The van der Waals surface area contributed by atoms with Gasteiger partial charge in [0.15, 0.2) is 11.6 Å². The molecule has 0 unspecified atom stereocenters. The van der Waals surface area contributed by atoms with Gasteiger partial charge in [0.1, 0.15) is 5.82 Å². The predicted molar refractivity (Wildman–Crippen MR) is 72.7 cm³/mol. The molecule has 0 bridgehead atoms. The minimum atomic E-state index is -0.279. The first kappa shape index (κ1) is 13.7. The van der Waals surface area contributed by atoms with Crippen LogP contribution in [0, 0.1) is 5.82 Å². The third kappa shape index (κ3) is 2.98. The highest BCUT2D eigenvalue weighted by Gasteiger charge is 2.13. The van der Waals surface area contributed by atoms with Gasteiger partial charge in [-0.2, -0.15) is 0 Å². The molecule has 0 aliphatic rings. The van der Waals surface area contributed by atoms with Gasteiger partial charge >= 0.3 is 0 Å². The third-order valence-electron chi connectivity index (χ3n) is 2.95. The summed E-state index contributed by atoms with van der Waals surface area (Å²) in [6, 6.07) is 1.71. The first-order chi connectivity index (χ1) is 9.27. The number of hydrogen-bond donors (Lipinski definition) is 1. The zero-order valence-corrected chi connectivity index (χ0v) is 11.4. The van der Waals surface area contributed by atoms with Gasteiger partial charge in [-0.25, -0.2) is 14.4 Å². The van der Waals surface area contributed by atoms with Gasteiger partial charge in [0, 0.05) is 37.1 Å². The summed E-state index contributed by atoms with van der Waals surface area (Å²) in [4.78, 5) is 8.34. The number of nitrogens with one attached hydrogen (secondary N) is 1. The van der Waals surface area contributed by atoms with E-state index in [9.17, 15) is 4.39 Å². The Bertz CT molecular complexity index is 536. The molecule has 0 aliphatic heterocycles. The largest absolute Gasteiger partial charge is 0.313 e. The lowest BCUT2D eigenvalue weighted by molar-refractivity contribution is 0.570. The summed E-state index contributed by atoms with van der Waals surface area (Å²) in [6.07, 6.45) is 6.82. The molecule has 2 heterocycles. The van der Waals surface area contributed by atoms with Crippen molar-refractivity contribution < 1.29 is 4.39 Å². The highest BCUT2D eigenvalue weighted by Crippen LogP contribution is 2.16. The highest BCUT2D eigenvalue weighted by molar-refractivity contribution is 5.32. The average molecular weight is 262 g/mol. The molecule has 0 aliphatic carbocycles. The molecule has 0 spiro atoms. The summed E-state index contributed by atoms with van der Waals surface area (Å²) in [5, 5.41) is 3.20. The van der Waals surface area contributed by atoms with Crippen molar-refractivity contribution in [2.45, 2.75) is 33.2 Å². The summed E-state index contributed by atoms with van der Waals surface area (Å²) in [7, 11) is 0. The molecule has 0 aromatic carbocycles. The molecular formula is C14H19FN4. The van der Waals surface area contributed by atoms with Gasteiger partial charge < -0.3 is 5.32 Å². The van der Waals surface area contributed by atoms with Crippen LogP contribution in [0.25, 0.3) is 5.82 Å². The zero-order chi connectivity index (χ0) is 13.7. The standard InChI is InChI=1S/C14H19FN4/c1-3-6-16-10-11-5-7-18-14(13(11)15)19-9-8-17-12(19)4-2/h5,7-9,16H,3-4,6,10H2,1-2H3. The minimum Gasteiger partial charge on any atom is -0.313 e. The number of halogens is 1. The van der Waals surface area contributed by atoms with Crippen LogP contribution in [0.2, 0.25) is 0 Å². The summed E-state index contributed by atoms with van der Waals surface area (Å²) in [6.45, 7) is 5.47. The van der Waals surface area contributed by atoms with Gasteiger partial charge in [-0.1, -0.05) is 13.8 Å². The lowest BCUT2D eigenvalue weighted by Crippen LogP contribution is -2.16. The van der Waals surface area contributed by atoms with Crippen LogP contribution in [-0.2, 0) is 13.0 Å². The molecule has 0 fully saturated rings. The van der Waals surface area contributed by atoms with E-state index in [1.54, 1.807) is 29.2 Å². The number of imidazole rings is 1. The van der Waals surface area contributed by atoms with E-state index < -0.39 is 0 Å². The summed E-state index contributed by atoms with van der Waals surface area (Å²) < 4.78 is 16.1. The lowest BCUT2D eigenvalue weighted by Gasteiger charge is -2.10. The number of aromatic nitrogens is 3. The fourth-order valence-electron chi connectivity index (χ4n) is 1.96. The van der Waals surface area contributed by atoms with Gasteiger partial charge in [-0.05, 0) is 19.0 Å². The Hall–Kier alpha value is -1.75. The van der Waals surface area contributed by atoms with Gasteiger partial charge in [0.2, 0.25) is 0 Å². The van der Waals surface area contributed by atoms with Crippen molar-refractivity contribution in [3.8, 4) is 5.82 Å². The van der Waals surface area contributed by atoms with E-state index in [0.29, 0.717) is 17.9 Å². The molecule has 4 nitrogen and oxygen atoms in total. The molecule has 0 saturated carbocycles. The van der Waals surface area contributed by atoms with E-state index in [4.69, 9.17) is 0 Å². The maximum atomic E-state index is 14.4. The van der Waals surface area contributed by atoms with E-state index in [0.717, 1.165) is 25.2 Å². The average Bonchev–Trinajstić information content (AvgIpc) is 2.89. The first-order valence-electron chi connectivity index (χ1n) is 6.64. The number of aryl methyl sites for hydroxylation is 1. The molecule has 19 heavy (non-hydrogen) atoms. The smallest absolute Gasteiger partial charge is 0.174 e. The predicted octanol–water partition coefficient (Wildman–Crippen LogP) is 2.47. The van der Waals surface area contributed by atoms with Crippen LogP contribution < -0.4 is 5.32 Å². The van der Waals surface area contributed by atoms with E-state index in [-0.39, 0.29) is 5.82 Å². The molecule has 0 amide bonds. The van der Waals surface area contributed by atoms with Crippen LogP contribution in [0.1, 0.15) is 31.7 Å². The van der Waals surface area contributed by atoms with Crippen molar-refractivity contribution >= 4 is 0 Å². The second kappa shape index (κ2) is 6.43. The second-order valence-corrected chi connectivity index (χ2v) is 4.35. The SMILES string of the molecule is CCCNCc1ccnc(-n2ccnc2CC)c1F. The third-order valence-corrected chi connectivity index (χ3v) is 2.95. The van der Waals surface area contributed by atoms with Crippen molar-refractivity contribution in [3.63, 3.8) is 0 Å². The molecule has 0 saturated heterocycles. The number of nitrogens with zero attached hydrogens (tertiary/aromatic N) is 3. The van der Waals surface area contributed by atoms with Crippen LogP contribution in [0.3, 0.4) is 0 Å². The number of rotatable bonds is 6. The second-order valence-electron chi connectivity index (χ2n) is 4.35. The highest BCUT2D eigenvalue weighted by atomic mass is 19.1. The van der Waals surface area contributed by atoms with Gasteiger partial charge in [-0.3, -0.25) is 4.57 Å². The Morgan fingerprint density at radius 3 is 2.84 bits per heavy atom. The quantitative estimate of drug-likeness (QED) is 0.813. The van der Waals surface area contributed by atoms with E-state index >= 15 is 0 Å². The zero-order valence-electron chi connectivity index (χ0n) is 11.4. The van der Waals surface area contributed by atoms with Crippen molar-refractivity contribution in [3.05, 3.63) is 41.9 Å². The van der Waals surface area contributed by atoms with Crippen LogP contribution in [0.15, 0.2) is 24.7 Å². The minimum absolute atomic E-state index is 0.279. The van der Waals surface area contributed by atoms with Gasteiger partial charge in [-0.15, -0.1) is 0 Å². The van der Waals surface area contributed by atoms with Crippen LogP contribution in [-0.4, -0.2) is 21.1 Å². The topological polar surface area (TPSA) is 42.7 Å². The number of hydrogen-bond acceptors (Lipinski definition) is 3. The van der Waals surface area contributed by atoms with Crippen LogP contribution in [0.5, 0.6) is 0 Å². The van der Waals surface area contributed by atoms with Gasteiger partial charge in [0.25, 0.3) is 0 Å². The van der Waals surface area contributed by atoms with Crippen molar-refractivity contribution in [1.29, 1.82) is 0 Å². The normalized spacial score (nSPS) is 10.9. The molecule has 0 radical (unpaired) electrons. The van der Waals surface area contributed by atoms with E-state index in [2.05, 4.69) is 22.2 Å². The molecule has 2 aromatic rings. The Morgan fingerprint density at radius 2 is 2.11 bits per heavy atom. The monoisotopic (exact) mass is 262 g/mol. The Labute approximate surface area is 112 Å².